The predicted molar refractivity (Wildman–Crippen MR) is 88.3 cm³/mol. The molecule has 7 heteroatoms. The second-order valence-corrected chi connectivity index (χ2v) is 10.7. The highest BCUT2D eigenvalue weighted by Gasteiger charge is 2.42. The number of hydrogen-bond donors (Lipinski definition) is 1. The number of rotatable bonds is 5. The van der Waals surface area contributed by atoms with Crippen LogP contribution >= 0.6 is 0 Å². The molecule has 4 atom stereocenters. The average Bonchev–Trinajstić information content (AvgIpc) is 3.08. The summed E-state index contributed by atoms with van der Waals surface area (Å²) in [5.41, 5.74) is 0. The van der Waals surface area contributed by atoms with Crippen LogP contribution in [0.1, 0.15) is 32.6 Å². The second-order valence-electron chi connectivity index (χ2n) is 6.99. The standard InChI is InChI=1S/C16H23NO4S2/c1-11(16-10-12-3-4-13(16)9-12)17-23(20,21)15-7-5-14(6-8-15)22(2,18)19/h5-8,11-13,16-17H,3-4,9-10H2,1-2H3. The van der Waals surface area contributed by atoms with E-state index in [1.807, 2.05) is 6.92 Å². The fourth-order valence-corrected chi connectivity index (χ4v) is 6.10. The van der Waals surface area contributed by atoms with Crippen molar-refractivity contribution in [3.63, 3.8) is 0 Å². The van der Waals surface area contributed by atoms with Crippen molar-refractivity contribution in [3.05, 3.63) is 24.3 Å². The zero-order valence-corrected chi connectivity index (χ0v) is 15.0. The van der Waals surface area contributed by atoms with Crippen molar-refractivity contribution in [1.82, 2.24) is 4.72 Å². The Balaban J connectivity index is 1.74. The second kappa shape index (κ2) is 5.86. The molecular formula is C16H23NO4S2. The largest absolute Gasteiger partial charge is 0.240 e. The van der Waals surface area contributed by atoms with Crippen LogP contribution in [-0.2, 0) is 19.9 Å². The molecule has 5 nitrogen and oxygen atoms in total. The summed E-state index contributed by atoms with van der Waals surface area (Å²) in [4.78, 5) is 0.234. The molecule has 2 aliphatic carbocycles. The Labute approximate surface area is 138 Å². The van der Waals surface area contributed by atoms with Gasteiger partial charge >= 0.3 is 0 Å². The molecule has 0 aromatic heterocycles. The lowest BCUT2D eigenvalue weighted by molar-refractivity contribution is 0.280. The molecule has 4 unspecified atom stereocenters. The van der Waals surface area contributed by atoms with Crippen LogP contribution in [0.15, 0.2) is 34.1 Å². The number of sulfone groups is 1. The van der Waals surface area contributed by atoms with E-state index in [9.17, 15) is 16.8 Å². The van der Waals surface area contributed by atoms with Crippen LogP contribution < -0.4 is 4.72 Å². The van der Waals surface area contributed by atoms with Gasteiger partial charge in [-0.05, 0) is 68.2 Å². The summed E-state index contributed by atoms with van der Waals surface area (Å²) in [5, 5.41) is 0. The maximum absolute atomic E-state index is 12.5. The smallest absolute Gasteiger partial charge is 0.224 e. The first-order valence-electron chi connectivity index (χ1n) is 7.99. The van der Waals surface area contributed by atoms with Crippen molar-refractivity contribution in [1.29, 1.82) is 0 Å². The van der Waals surface area contributed by atoms with E-state index in [2.05, 4.69) is 4.72 Å². The molecular weight excluding hydrogens is 334 g/mol. The average molecular weight is 357 g/mol. The number of sulfonamides is 1. The predicted octanol–water partition coefficient (Wildman–Crippen LogP) is 2.19. The van der Waals surface area contributed by atoms with Crippen molar-refractivity contribution in [2.75, 3.05) is 6.26 Å². The molecule has 0 saturated heterocycles. The third-order valence-electron chi connectivity index (χ3n) is 5.34. The lowest BCUT2D eigenvalue weighted by Crippen LogP contribution is -2.40. The summed E-state index contributed by atoms with van der Waals surface area (Å²) >= 11 is 0. The molecule has 3 rings (SSSR count). The Morgan fingerprint density at radius 1 is 1.00 bits per heavy atom. The number of hydrogen-bond acceptors (Lipinski definition) is 4. The lowest BCUT2D eigenvalue weighted by Gasteiger charge is -2.28. The van der Waals surface area contributed by atoms with Crippen molar-refractivity contribution in [2.45, 2.75) is 48.4 Å². The van der Waals surface area contributed by atoms with Gasteiger partial charge in [-0.3, -0.25) is 0 Å². The quantitative estimate of drug-likeness (QED) is 0.876. The molecule has 2 bridgehead atoms. The fourth-order valence-electron chi connectivity index (χ4n) is 4.17. The van der Waals surface area contributed by atoms with Gasteiger partial charge in [0.1, 0.15) is 0 Å². The van der Waals surface area contributed by atoms with Gasteiger partial charge in [0.05, 0.1) is 9.79 Å². The summed E-state index contributed by atoms with van der Waals surface area (Å²) in [7, 11) is -6.94. The van der Waals surface area contributed by atoms with Gasteiger partial charge in [-0.25, -0.2) is 21.6 Å². The van der Waals surface area contributed by atoms with E-state index in [4.69, 9.17) is 0 Å². The monoisotopic (exact) mass is 357 g/mol. The van der Waals surface area contributed by atoms with Crippen LogP contribution in [0.2, 0.25) is 0 Å². The normalized spacial score (nSPS) is 28.9. The first-order chi connectivity index (χ1) is 10.7. The van der Waals surface area contributed by atoms with Gasteiger partial charge in [0.15, 0.2) is 9.84 Å². The van der Waals surface area contributed by atoms with Crippen LogP contribution in [0, 0.1) is 17.8 Å². The molecule has 0 spiro atoms. The first-order valence-corrected chi connectivity index (χ1v) is 11.4. The molecule has 2 fully saturated rings. The molecule has 0 radical (unpaired) electrons. The van der Waals surface area contributed by atoms with Gasteiger partial charge in [-0.1, -0.05) is 6.42 Å². The van der Waals surface area contributed by atoms with Gasteiger partial charge in [0.2, 0.25) is 10.0 Å². The SMILES string of the molecule is CC(NS(=O)(=O)c1ccc(S(C)(=O)=O)cc1)C1CC2CCC1C2. The molecule has 0 amide bonds. The van der Waals surface area contributed by atoms with Gasteiger partial charge in [-0.2, -0.15) is 0 Å². The van der Waals surface area contributed by atoms with E-state index >= 15 is 0 Å². The molecule has 2 saturated carbocycles. The molecule has 1 N–H and O–H groups in total. The van der Waals surface area contributed by atoms with E-state index in [0.29, 0.717) is 11.8 Å². The minimum Gasteiger partial charge on any atom is -0.224 e. The van der Waals surface area contributed by atoms with Gasteiger partial charge in [0, 0.05) is 12.3 Å². The summed E-state index contributed by atoms with van der Waals surface area (Å²) in [6.45, 7) is 1.94. The lowest BCUT2D eigenvalue weighted by atomic mass is 9.84. The summed E-state index contributed by atoms with van der Waals surface area (Å²) in [5.74, 6) is 1.83. The number of fused-ring (bicyclic) bond motifs is 2. The van der Waals surface area contributed by atoms with E-state index in [1.54, 1.807) is 0 Å². The van der Waals surface area contributed by atoms with Crippen molar-refractivity contribution in [3.8, 4) is 0 Å². The Kier molecular flexibility index (Phi) is 4.31. The maximum atomic E-state index is 12.5. The molecule has 23 heavy (non-hydrogen) atoms. The first kappa shape index (κ1) is 16.9. The zero-order chi connectivity index (χ0) is 16.8. The fraction of sp³-hybridized carbons (Fsp3) is 0.625. The third-order valence-corrected chi connectivity index (χ3v) is 8.04. The van der Waals surface area contributed by atoms with Gasteiger partial charge in [-0.15, -0.1) is 0 Å². The van der Waals surface area contributed by atoms with E-state index < -0.39 is 19.9 Å². The summed E-state index contributed by atoms with van der Waals surface area (Å²) in [6.07, 6.45) is 5.95. The summed E-state index contributed by atoms with van der Waals surface area (Å²) in [6, 6.07) is 5.29. The highest BCUT2D eigenvalue weighted by atomic mass is 32.2. The van der Waals surface area contributed by atoms with Gasteiger partial charge < -0.3 is 0 Å². The van der Waals surface area contributed by atoms with E-state index in [-0.39, 0.29) is 15.8 Å². The molecule has 128 valence electrons. The summed E-state index contributed by atoms with van der Waals surface area (Å²) < 4.78 is 50.7. The minimum atomic E-state index is -3.62. The van der Waals surface area contributed by atoms with Crippen LogP contribution in [0.25, 0.3) is 0 Å². The van der Waals surface area contributed by atoms with Crippen LogP contribution in [0.5, 0.6) is 0 Å². The zero-order valence-electron chi connectivity index (χ0n) is 13.4. The van der Waals surface area contributed by atoms with Gasteiger partial charge in [0.25, 0.3) is 0 Å². The molecule has 2 aliphatic rings. The Morgan fingerprint density at radius 3 is 2.09 bits per heavy atom. The van der Waals surface area contributed by atoms with E-state index in [1.165, 1.54) is 43.5 Å². The van der Waals surface area contributed by atoms with E-state index in [0.717, 1.165) is 18.6 Å². The van der Waals surface area contributed by atoms with Crippen molar-refractivity contribution in [2.24, 2.45) is 17.8 Å². The maximum Gasteiger partial charge on any atom is 0.240 e. The van der Waals surface area contributed by atoms with Crippen LogP contribution in [0.4, 0.5) is 0 Å². The van der Waals surface area contributed by atoms with Crippen molar-refractivity contribution < 1.29 is 16.8 Å². The molecule has 0 aliphatic heterocycles. The minimum absolute atomic E-state index is 0.0927. The Bertz CT molecular complexity index is 784. The number of nitrogens with one attached hydrogen (secondary N) is 1. The highest BCUT2D eigenvalue weighted by Crippen LogP contribution is 2.49. The number of benzene rings is 1. The van der Waals surface area contributed by atoms with Crippen LogP contribution in [0.3, 0.4) is 0 Å². The molecule has 1 aromatic carbocycles. The topological polar surface area (TPSA) is 80.3 Å². The molecule has 1 aromatic rings. The third kappa shape index (κ3) is 3.46. The van der Waals surface area contributed by atoms with Crippen LogP contribution in [-0.4, -0.2) is 29.1 Å². The highest BCUT2D eigenvalue weighted by molar-refractivity contribution is 7.90. The Hall–Kier alpha value is -0.920. The molecule has 0 heterocycles. The Morgan fingerprint density at radius 2 is 1.61 bits per heavy atom. The van der Waals surface area contributed by atoms with Crippen molar-refractivity contribution >= 4 is 19.9 Å².